The molecule has 0 amide bonds. The normalized spacial score (nSPS) is 20.5. The molecule has 0 saturated carbocycles. The number of hydrogen-bond donors (Lipinski definition) is 0. The topological polar surface area (TPSA) is 18.5 Å². The summed E-state index contributed by atoms with van der Waals surface area (Å²) in [5, 5.41) is 0. The van der Waals surface area contributed by atoms with E-state index in [1.54, 1.807) is 0 Å². The molecule has 1 fully saturated rings. The van der Waals surface area contributed by atoms with E-state index in [9.17, 15) is 13.2 Å². The maximum Gasteiger partial charge on any atom is 0.417 e. The van der Waals surface area contributed by atoms with E-state index in [4.69, 9.17) is 9.47 Å². The zero-order valence-electron chi connectivity index (χ0n) is 9.09. The molecule has 1 heterocycles. The van der Waals surface area contributed by atoms with Gasteiger partial charge in [-0.25, -0.2) is 0 Å². The van der Waals surface area contributed by atoms with Gasteiger partial charge in [-0.3, -0.25) is 0 Å². The molecule has 5 heteroatoms. The number of hydrogen-bond acceptors (Lipinski definition) is 2. The molecule has 0 aromatic heterocycles. The van der Waals surface area contributed by atoms with E-state index in [0.717, 1.165) is 18.9 Å². The van der Waals surface area contributed by atoms with Crippen molar-refractivity contribution in [2.45, 2.75) is 25.1 Å². The van der Waals surface area contributed by atoms with E-state index in [0.29, 0.717) is 13.2 Å². The first-order valence-electron chi connectivity index (χ1n) is 5.39. The van der Waals surface area contributed by atoms with Crippen LogP contribution in [0.4, 0.5) is 13.2 Å². The van der Waals surface area contributed by atoms with Gasteiger partial charge in [0, 0.05) is 6.61 Å². The highest BCUT2D eigenvalue weighted by atomic mass is 19.4. The maximum absolute atomic E-state index is 12.4. The molecule has 0 N–H and O–H groups in total. The van der Waals surface area contributed by atoms with E-state index < -0.39 is 11.7 Å². The number of benzene rings is 1. The van der Waals surface area contributed by atoms with Gasteiger partial charge >= 0.3 is 6.18 Å². The second kappa shape index (κ2) is 4.96. The lowest BCUT2D eigenvalue weighted by atomic mass is 10.2. The SMILES string of the molecule is FC(F)(F)c1[c]ccc(OCC2CCCO2)c1. The molecule has 0 bridgehead atoms. The van der Waals surface area contributed by atoms with Gasteiger partial charge in [0.25, 0.3) is 0 Å². The van der Waals surface area contributed by atoms with Gasteiger partial charge in [-0.15, -0.1) is 0 Å². The summed E-state index contributed by atoms with van der Waals surface area (Å²) in [5.41, 5.74) is -0.817. The minimum absolute atomic E-state index is 0.00600. The Hall–Kier alpha value is -1.23. The molecule has 2 nitrogen and oxygen atoms in total. The molecule has 1 aromatic rings. The van der Waals surface area contributed by atoms with E-state index in [1.807, 2.05) is 0 Å². The van der Waals surface area contributed by atoms with Crippen molar-refractivity contribution in [3.05, 3.63) is 29.8 Å². The van der Waals surface area contributed by atoms with Gasteiger partial charge in [-0.1, -0.05) is 6.07 Å². The number of rotatable bonds is 3. The molecule has 1 atom stereocenters. The minimum Gasteiger partial charge on any atom is -0.491 e. The third-order valence-electron chi connectivity index (χ3n) is 2.54. The molecular formula is C12H12F3O2. The summed E-state index contributed by atoms with van der Waals surface area (Å²) in [6.45, 7) is 0.992. The van der Waals surface area contributed by atoms with Gasteiger partial charge in [0.05, 0.1) is 11.7 Å². The lowest BCUT2D eigenvalue weighted by Gasteiger charge is -2.12. The van der Waals surface area contributed by atoms with Crippen molar-refractivity contribution in [1.29, 1.82) is 0 Å². The van der Waals surface area contributed by atoms with Crippen molar-refractivity contribution in [2.24, 2.45) is 0 Å². The van der Waals surface area contributed by atoms with Gasteiger partial charge in [0.1, 0.15) is 12.4 Å². The summed E-state index contributed by atoms with van der Waals surface area (Å²) >= 11 is 0. The first-order chi connectivity index (χ1) is 8.05. The fraction of sp³-hybridized carbons (Fsp3) is 0.500. The second-order valence-electron chi connectivity index (χ2n) is 3.88. The fourth-order valence-corrected chi connectivity index (χ4v) is 1.66. The van der Waals surface area contributed by atoms with Crippen LogP contribution in [-0.4, -0.2) is 19.3 Å². The largest absolute Gasteiger partial charge is 0.491 e. The van der Waals surface area contributed by atoms with Crippen LogP contribution in [0, 0.1) is 6.07 Å². The summed E-state index contributed by atoms with van der Waals surface area (Å²) < 4.78 is 47.8. The fourth-order valence-electron chi connectivity index (χ4n) is 1.66. The minimum atomic E-state index is -4.39. The standard InChI is InChI=1S/C12H12F3O2/c13-12(14,15)9-3-1-4-10(7-9)17-8-11-5-2-6-16-11/h1,4,7,11H,2,5-6,8H2. The molecule has 0 spiro atoms. The molecule has 0 aliphatic carbocycles. The van der Waals surface area contributed by atoms with Crippen LogP contribution in [-0.2, 0) is 10.9 Å². The predicted molar refractivity (Wildman–Crippen MR) is 54.7 cm³/mol. The molecule has 1 unspecified atom stereocenters. The Kier molecular flexibility index (Phi) is 3.57. The third kappa shape index (κ3) is 3.36. The Bertz CT molecular complexity index is 370. The Labute approximate surface area is 97.3 Å². The number of ether oxygens (including phenoxy) is 2. The maximum atomic E-state index is 12.4. The monoisotopic (exact) mass is 245 g/mol. The highest BCUT2D eigenvalue weighted by Gasteiger charge is 2.31. The Morgan fingerprint density at radius 1 is 1.47 bits per heavy atom. The average molecular weight is 245 g/mol. The summed E-state index contributed by atoms with van der Waals surface area (Å²) in [4.78, 5) is 0. The summed E-state index contributed by atoms with van der Waals surface area (Å²) in [5.74, 6) is 0.201. The van der Waals surface area contributed by atoms with Crippen LogP contribution in [0.2, 0.25) is 0 Å². The Balaban J connectivity index is 1.96. The molecule has 1 aliphatic rings. The van der Waals surface area contributed by atoms with E-state index in [-0.39, 0.29) is 11.9 Å². The van der Waals surface area contributed by atoms with Crippen LogP contribution < -0.4 is 4.74 Å². The van der Waals surface area contributed by atoms with Crippen LogP contribution in [0.1, 0.15) is 18.4 Å². The molecule has 93 valence electrons. The average Bonchev–Trinajstić information content (AvgIpc) is 2.78. The van der Waals surface area contributed by atoms with Gasteiger partial charge in [-0.2, -0.15) is 13.2 Å². The zero-order chi connectivity index (χ0) is 12.3. The van der Waals surface area contributed by atoms with Gasteiger partial charge < -0.3 is 9.47 Å². The first-order valence-corrected chi connectivity index (χ1v) is 5.39. The molecule has 17 heavy (non-hydrogen) atoms. The second-order valence-corrected chi connectivity index (χ2v) is 3.88. The quantitative estimate of drug-likeness (QED) is 0.814. The third-order valence-corrected chi connectivity index (χ3v) is 2.54. The van der Waals surface area contributed by atoms with E-state index in [2.05, 4.69) is 6.07 Å². The predicted octanol–water partition coefficient (Wildman–Crippen LogP) is 3.06. The molecule has 1 aliphatic heterocycles. The number of alkyl halides is 3. The van der Waals surface area contributed by atoms with Crippen LogP contribution in [0.15, 0.2) is 18.2 Å². The smallest absolute Gasteiger partial charge is 0.417 e. The van der Waals surface area contributed by atoms with E-state index in [1.165, 1.54) is 12.1 Å². The van der Waals surface area contributed by atoms with Crippen molar-refractivity contribution in [3.63, 3.8) is 0 Å². The zero-order valence-corrected chi connectivity index (χ0v) is 9.09. The van der Waals surface area contributed by atoms with Crippen molar-refractivity contribution < 1.29 is 22.6 Å². The van der Waals surface area contributed by atoms with Crippen LogP contribution in [0.25, 0.3) is 0 Å². The van der Waals surface area contributed by atoms with Gasteiger partial charge in [0.15, 0.2) is 0 Å². The lowest BCUT2D eigenvalue weighted by Crippen LogP contribution is -2.16. The van der Waals surface area contributed by atoms with Crippen LogP contribution in [0.3, 0.4) is 0 Å². The van der Waals surface area contributed by atoms with Crippen molar-refractivity contribution in [1.82, 2.24) is 0 Å². The molecule has 2 rings (SSSR count). The molecule has 1 aromatic carbocycles. The van der Waals surface area contributed by atoms with Crippen molar-refractivity contribution in [3.8, 4) is 5.75 Å². The van der Waals surface area contributed by atoms with Crippen molar-refractivity contribution >= 4 is 0 Å². The van der Waals surface area contributed by atoms with Gasteiger partial charge in [0.2, 0.25) is 0 Å². The highest BCUT2D eigenvalue weighted by Crippen LogP contribution is 2.31. The highest BCUT2D eigenvalue weighted by molar-refractivity contribution is 5.29. The van der Waals surface area contributed by atoms with Gasteiger partial charge in [-0.05, 0) is 31.0 Å². The Morgan fingerprint density at radius 3 is 2.94 bits per heavy atom. The summed E-state index contributed by atoms with van der Waals surface area (Å²) in [6.07, 6.45) is -2.52. The van der Waals surface area contributed by atoms with E-state index >= 15 is 0 Å². The van der Waals surface area contributed by atoms with Crippen molar-refractivity contribution in [2.75, 3.05) is 13.2 Å². The van der Waals surface area contributed by atoms with Crippen LogP contribution >= 0.6 is 0 Å². The Morgan fingerprint density at radius 2 is 2.29 bits per heavy atom. The lowest BCUT2D eigenvalue weighted by molar-refractivity contribution is -0.137. The first kappa shape index (κ1) is 12.2. The number of halogens is 3. The molecule has 1 saturated heterocycles. The summed E-state index contributed by atoms with van der Waals surface area (Å²) in [6, 6.07) is 5.77. The summed E-state index contributed by atoms with van der Waals surface area (Å²) in [7, 11) is 0. The molecule has 1 radical (unpaired) electrons. The molecular weight excluding hydrogens is 233 g/mol. The van der Waals surface area contributed by atoms with Crippen LogP contribution in [0.5, 0.6) is 5.75 Å².